The van der Waals surface area contributed by atoms with E-state index >= 15 is 0 Å². The van der Waals surface area contributed by atoms with Crippen molar-refractivity contribution in [3.05, 3.63) is 34.6 Å². The van der Waals surface area contributed by atoms with Gasteiger partial charge in [0.15, 0.2) is 0 Å². The maximum atomic E-state index is 13.0. The summed E-state index contributed by atoms with van der Waals surface area (Å²) in [5.41, 5.74) is 8.16. The molecule has 1 aromatic carbocycles. The van der Waals surface area contributed by atoms with Crippen molar-refractivity contribution >= 4 is 17.4 Å². The Morgan fingerprint density at radius 3 is 2.71 bits per heavy atom. The molecule has 5 heteroatoms. The highest BCUT2D eigenvalue weighted by atomic mass is 35.5. The van der Waals surface area contributed by atoms with Crippen LogP contribution in [-0.4, -0.2) is 10.2 Å². The second kappa shape index (κ2) is 4.37. The Balaban J connectivity index is 2.61. The lowest BCUT2D eigenvalue weighted by atomic mass is 9.98. The van der Waals surface area contributed by atoms with Crippen LogP contribution in [0.5, 0.6) is 0 Å². The molecule has 0 saturated carbocycles. The van der Waals surface area contributed by atoms with Crippen LogP contribution in [0.25, 0.3) is 11.3 Å². The number of aromatic amines is 1. The summed E-state index contributed by atoms with van der Waals surface area (Å²) in [7, 11) is 0. The molecule has 2 rings (SSSR count). The molecular formula is C12H13ClFN3. The van der Waals surface area contributed by atoms with E-state index in [1.165, 1.54) is 12.1 Å². The average Bonchev–Trinajstić information content (AvgIpc) is 2.60. The molecule has 90 valence electrons. The largest absolute Gasteiger partial charge is 0.382 e. The molecule has 0 atom stereocenters. The summed E-state index contributed by atoms with van der Waals surface area (Å²) in [4.78, 5) is 0. The van der Waals surface area contributed by atoms with Gasteiger partial charge in [-0.05, 0) is 24.1 Å². The number of anilines is 1. The molecule has 0 radical (unpaired) electrons. The Labute approximate surface area is 104 Å². The van der Waals surface area contributed by atoms with Crippen LogP contribution in [0.2, 0.25) is 5.02 Å². The molecule has 0 saturated heterocycles. The van der Waals surface area contributed by atoms with Crippen LogP contribution in [0, 0.1) is 5.82 Å². The van der Waals surface area contributed by atoms with Gasteiger partial charge in [0, 0.05) is 11.1 Å². The molecule has 0 aliphatic rings. The fourth-order valence-electron chi connectivity index (χ4n) is 1.85. The van der Waals surface area contributed by atoms with Gasteiger partial charge in [-0.15, -0.1) is 0 Å². The van der Waals surface area contributed by atoms with Crippen molar-refractivity contribution in [3.8, 4) is 11.3 Å². The highest BCUT2D eigenvalue weighted by molar-refractivity contribution is 6.33. The van der Waals surface area contributed by atoms with Gasteiger partial charge >= 0.3 is 0 Å². The van der Waals surface area contributed by atoms with E-state index in [0.717, 1.165) is 11.3 Å². The first kappa shape index (κ1) is 11.9. The molecule has 1 heterocycles. The molecule has 0 aliphatic carbocycles. The molecule has 3 N–H and O–H groups in total. The molecule has 17 heavy (non-hydrogen) atoms. The summed E-state index contributed by atoms with van der Waals surface area (Å²) in [5, 5.41) is 7.17. The van der Waals surface area contributed by atoms with E-state index in [1.807, 2.05) is 13.8 Å². The Kier molecular flexibility index (Phi) is 3.07. The van der Waals surface area contributed by atoms with E-state index in [9.17, 15) is 4.39 Å². The van der Waals surface area contributed by atoms with Crippen LogP contribution in [0.4, 0.5) is 10.2 Å². The van der Waals surface area contributed by atoms with Gasteiger partial charge in [0.05, 0.1) is 10.7 Å². The predicted molar refractivity (Wildman–Crippen MR) is 67.5 cm³/mol. The number of nitrogens with two attached hydrogens (primary N) is 1. The lowest BCUT2D eigenvalue weighted by Gasteiger charge is -2.08. The van der Waals surface area contributed by atoms with Gasteiger partial charge in [0.2, 0.25) is 0 Å². The van der Waals surface area contributed by atoms with Crippen LogP contribution in [0.1, 0.15) is 25.3 Å². The third kappa shape index (κ3) is 2.13. The standard InChI is InChI=1S/C12H13ClFN3/c1-6(2)10-11(16-17-12(10)15)8-4-3-7(14)5-9(8)13/h3-6H,1-2H3,(H3,15,16,17). The van der Waals surface area contributed by atoms with Crippen LogP contribution in [0.15, 0.2) is 18.2 Å². The minimum Gasteiger partial charge on any atom is -0.382 e. The molecule has 0 unspecified atom stereocenters. The van der Waals surface area contributed by atoms with Gasteiger partial charge in [0.1, 0.15) is 11.6 Å². The lowest BCUT2D eigenvalue weighted by Crippen LogP contribution is -1.95. The Morgan fingerprint density at radius 2 is 2.12 bits per heavy atom. The topological polar surface area (TPSA) is 54.7 Å². The van der Waals surface area contributed by atoms with Crippen LogP contribution in [-0.2, 0) is 0 Å². The number of hydrogen-bond donors (Lipinski definition) is 2. The van der Waals surface area contributed by atoms with E-state index in [0.29, 0.717) is 16.4 Å². The molecule has 0 fully saturated rings. The van der Waals surface area contributed by atoms with Crippen molar-refractivity contribution in [2.45, 2.75) is 19.8 Å². The zero-order chi connectivity index (χ0) is 12.6. The van der Waals surface area contributed by atoms with Gasteiger partial charge in [0.25, 0.3) is 0 Å². The number of aromatic nitrogens is 2. The first-order chi connectivity index (χ1) is 8.00. The molecule has 0 bridgehead atoms. The second-order valence-corrected chi connectivity index (χ2v) is 4.58. The van der Waals surface area contributed by atoms with Gasteiger partial charge in [-0.1, -0.05) is 25.4 Å². The van der Waals surface area contributed by atoms with E-state index in [4.69, 9.17) is 17.3 Å². The van der Waals surface area contributed by atoms with Gasteiger partial charge in [-0.25, -0.2) is 4.39 Å². The fourth-order valence-corrected chi connectivity index (χ4v) is 2.11. The summed E-state index contributed by atoms with van der Waals surface area (Å²) in [6.07, 6.45) is 0. The van der Waals surface area contributed by atoms with Crippen molar-refractivity contribution in [2.24, 2.45) is 0 Å². The van der Waals surface area contributed by atoms with Gasteiger partial charge in [-0.3, -0.25) is 5.10 Å². The second-order valence-electron chi connectivity index (χ2n) is 4.18. The van der Waals surface area contributed by atoms with Crippen molar-refractivity contribution in [1.29, 1.82) is 0 Å². The number of benzene rings is 1. The zero-order valence-electron chi connectivity index (χ0n) is 9.59. The maximum absolute atomic E-state index is 13.0. The van der Waals surface area contributed by atoms with Crippen LogP contribution in [0.3, 0.4) is 0 Å². The highest BCUT2D eigenvalue weighted by Gasteiger charge is 2.17. The quantitative estimate of drug-likeness (QED) is 0.860. The average molecular weight is 254 g/mol. The third-order valence-corrected chi connectivity index (χ3v) is 2.92. The Hall–Kier alpha value is -1.55. The zero-order valence-corrected chi connectivity index (χ0v) is 10.3. The molecule has 0 amide bonds. The van der Waals surface area contributed by atoms with Crippen molar-refractivity contribution in [3.63, 3.8) is 0 Å². The van der Waals surface area contributed by atoms with Gasteiger partial charge < -0.3 is 5.73 Å². The number of hydrogen-bond acceptors (Lipinski definition) is 2. The number of nitrogens with one attached hydrogen (secondary N) is 1. The first-order valence-electron chi connectivity index (χ1n) is 5.30. The predicted octanol–water partition coefficient (Wildman–Crippen LogP) is 3.57. The molecule has 3 nitrogen and oxygen atoms in total. The smallest absolute Gasteiger partial charge is 0.149 e. The summed E-state index contributed by atoms with van der Waals surface area (Å²) >= 11 is 6.02. The van der Waals surface area contributed by atoms with Crippen LogP contribution >= 0.6 is 11.6 Å². The Morgan fingerprint density at radius 1 is 1.41 bits per heavy atom. The summed E-state index contributed by atoms with van der Waals surface area (Å²) in [6, 6.07) is 4.26. The fraction of sp³-hybridized carbons (Fsp3) is 0.250. The first-order valence-corrected chi connectivity index (χ1v) is 5.67. The molecule has 0 aliphatic heterocycles. The lowest BCUT2D eigenvalue weighted by molar-refractivity contribution is 0.628. The summed E-state index contributed by atoms with van der Waals surface area (Å²) in [5.74, 6) is 0.303. The Bertz CT molecular complexity index is 549. The van der Waals surface area contributed by atoms with Crippen LogP contribution < -0.4 is 5.73 Å². The third-order valence-electron chi connectivity index (χ3n) is 2.61. The van der Waals surface area contributed by atoms with Crippen molar-refractivity contribution < 1.29 is 4.39 Å². The molecule has 1 aromatic heterocycles. The van der Waals surface area contributed by atoms with E-state index in [-0.39, 0.29) is 11.7 Å². The number of halogens is 2. The van der Waals surface area contributed by atoms with Gasteiger partial charge in [-0.2, -0.15) is 5.10 Å². The summed E-state index contributed by atoms with van der Waals surface area (Å²) in [6.45, 7) is 4.03. The highest BCUT2D eigenvalue weighted by Crippen LogP contribution is 2.35. The molecule has 0 spiro atoms. The monoisotopic (exact) mass is 253 g/mol. The summed E-state index contributed by atoms with van der Waals surface area (Å²) < 4.78 is 13.0. The number of nitrogen functional groups attached to an aromatic ring is 1. The number of nitrogens with zero attached hydrogens (tertiary/aromatic N) is 1. The van der Waals surface area contributed by atoms with Crippen molar-refractivity contribution in [1.82, 2.24) is 10.2 Å². The van der Waals surface area contributed by atoms with Crippen molar-refractivity contribution in [2.75, 3.05) is 5.73 Å². The molecular weight excluding hydrogens is 241 g/mol. The number of rotatable bonds is 2. The number of H-pyrrole nitrogens is 1. The minimum atomic E-state index is -0.364. The SMILES string of the molecule is CC(C)c1c(N)n[nH]c1-c1ccc(F)cc1Cl. The van der Waals surface area contributed by atoms with E-state index < -0.39 is 0 Å². The van der Waals surface area contributed by atoms with E-state index in [2.05, 4.69) is 10.2 Å². The van der Waals surface area contributed by atoms with E-state index in [1.54, 1.807) is 6.07 Å². The maximum Gasteiger partial charge on any atom is 0.149 e. The molecule has 2 aromatic rings. The minimum absolute atomic E-state index is 0.213. The normalized spacial score (nSPS) is 11.1.